The highest BCUT2D eigenvalue weighted by molar-refractivity contribution is 6.34. The van der Waals surface area contributed by atoms with Gasteiger partial charge in [-0.1, -0.05) is 29.3 Å². The van der Waals surface area contributed by atoms with Crippen LogP contribution in [0.3, 0.4) is 0 Å². The van der Waals surface area contributed by atoms with Crippen LogP contribution in [0.1, 0.15) is 5.56 Å². The molecule has 110 valence electrons. The van der Waals surface area contributed by atoms with Crippen LogP contribution >= 0.6 is 23.2 Å². The molecule has 0 fully saturated rings. The Hall–Kier alpha value is -1.91. The number of amides is 1. The molecule has 0 bridgehead atoms. The van der Waals surface area contributed by atoms with Crippen LogP contribution in [0.4, 0.5) is 5.69 Å². The van der Waals surface area contributed by atoms with Crippen LogP contribution in [0, 0.1) is 6.92 Å². The van der Waals surface area contributed by atoms with Crippen LogP contribution in [-0.4, -0.2) is 17.6 Å². The molecule has 0 spiro atoms. The third-order valence-electron chi connectivity index (χ3n) is 2.68. The van der Waals surface area contributed by atoms with E-state index in [-0.39, 0.29) is 12.4 Å². The average Bonchev–Trinajstić information content (AvgIpc) is 2.43. The summed E-state index contributed by atoms with van der Waals surface area (Å²) in [6.07, 6.45) is 0. The number of phenolic OH excluding ortho intramolecular Hbond substituents is 1. The van der Waals surface area contributed by atoms with E-state index in [2.05, 4.69) is 5.32 Å². The first-order valence-corrected chi connectivity index (χ1v) is 6.88. The quantitative estimate of drug-likeness (QED) is 0.834. The van der Waals surface area contributed by atoms with Gasteiger partial charge in [-0.25, -0.2) is 0 Å². The molecule has 0 atom stereocenters. The van der Waals surface area contributed by atoms with Crippen molar-refractivity contribution >= 4 is 34.8 Å². The molecule has 0 aliphatic heterocycles. The summed E-state index contributed by atoms with van der Waals surface area (Å²) in [5.74, 6) is -0.0817. The van der Waals surface area contributed by atoms with Crippen molar-refractivity contribution in [3.63, 3.8) is 0 Å². The molecule has 1 amide bonds. The Morgan fingerprint density at radius 1 is 1.24 bits per heavy atom. The summed E-state index contributed by atoms with van der Waals surface area (Å²) >= 11 is 11.8. The molecule has 2 rings (SSSR count). The Morgan fingerprint density at radius 2 is 2.00 bits per heavy atom. The number of carbonyl (C=O) groups excluding carboxylic acids is 1. The van der Waals surface area contributed by atoms with Crippen LogP contribution < -0.4 is 10.1 Å². The minimum Gasteiger partial charge on any atom is -0.506 e. The molecule has 4 nitrogen and oxygen atoms in total. The molecule has 0 saturated heterocycles. The van der Waals surface area contributed by atoms with E-state index in [1.807, 2.05) is 6.92 Å². The Morgan fingerprint density at radius 3 is 2.71 bits per heavy atom. The van der Waals surface area contributed by atoms with Crippen molar-refractivity contribution < 1.29 is 14.6 Å². The Kier molecular flexibility index (Phi) is 4.94. The topological polar surface area (TPSA) is 58.6 Å². The van der Waals surface area contributed by atoms with Crippen molar-refractivity contribution in [2.75, 3.05) is 11.9 Å². The molecule has 2 aromatic rings. The smallest absolute Gasteiger partial charge is 0.262 e. The van der Waals surface area contributed by atoms with E-state index >= 15 is 0 Å². The lowest BCUT2D eigenvalue weighted by Crippen LogP contribution is -2.20. The van der Waals surface area contributed by atoms with E-state index in [0.29, 0.717) is 21.5 Å². The summed E-state index contributed by atoms with van der Waals surface area (Å²) in [4.78, 5) is 11.8. The van der Waals surface area contributed by atoms with E-state index in [1.54, 1.807) is 30.3 Å². The summed E-state index contributed by atoms with van der Waals surface area (Å²) in [6, 6.07) is 9.70. The van der Waals surface area contributed by atoms with Crippen molar-refractivity contribution in [2.24, 2.45) is 0 Å². The van der Waals surface area contributed by atoms with Crippen molar-refractivity contribution in [3.8, 4) is 11.5 Å². The number of ether oxygens (including phenoxy) is 1. The lowest BCUT2D eigenvalue weighted by molar-refractivity contribution is -0.118. The number of phenols is 1. The number of halogens is 2. The zero-order chi connectivity index (χ0) is 15.4. The number of anilines is 1. The van der Waals surface area contributed by atoms with Gasteiger partial charge in [0, 0.05) is 11.1 Å². The molecule has 2 aromatic carbocycles. The van der Waals surface area contributed by atoms with Gasteiger partial charge in [0.2, 0.25) is 0 Å². The predicted molar refractivity (Wildman–Crippen MR) is 83.4 cm³/mol. The standard InChI is InChI=1S/C15H13Cl2NO3/c1-9-2-5-12(13(19)6-9)18-15(20)8-21-14-7-10(16)3-4-11(14)17/h2-7,19H,8H2,1H3,(H,18,20). The maximum absolute atomic E-state index is 11.8. The van der Waals surface area contributed by atoms with E-state index in [1.165, 1.54) is 6.07 Å². The Balaban J connectivity index is 1.97. The number of hydrogen-bond acceptors (Lipinski definition) is 3. The molecule has 0 aliphatic carbocycles. The molecular weight excluding hydrogens is 313 g/mol. The second-order valence-electron chi connectivity index (χ2n) is 4.43. The van der Waals surface area contributed by atoms with Gasteiger partial charge in [-0.15, -0.1) is 0 Å². The summed E-state index contributed by atoms with van der Waals surface area (Å²) < 4.78 is 5.31. The number of nitrogens with one attached hydrogen (secondary N) is 1. The van der Waals surface area contributed by atoms with Gasteiger partial charge in [-0.3, -0.25) is 4.79 Å². The second kappa shape index (κ2) is 6.70. The van der Waals surface area contributed by atoms with Crippen LogP contribution in [-0.2, 0) is 4.79 Å². The molecule has 0 radical (unpaired) electrons. The van der Waals surface area contributed by atoms with E-state index in [9.17, 15) is 9.90 Å². The molecule has 6 heteroatoms. The van der Waals surface area contributed by atoms with Crippen molar-refractivity contribution in [1.82, 2.24) is 0 Å². The number of aromatic hydroxyl groups is 1. The molecule has 0 saturated carbocycles. The van der Waals surface area contributed by atoms with Crippen LogP contribution in [0.25, 0.3) is 0 Å². The lowest BCUT2D eigenvalue weighted by Gasteiger charge is -2.10. The first-order chi connectivity index (χ1) is 9.95. The maximum Gasteiger partial charge on any atom is 0.262 e. The van der Waals surface area contributed by atoms with Gasteiger partial charge >= 0.3 is 0 Å². The molecule has 21 heavy (non-hydrogen) atoms. The van der Waals surface area contributed by atoms with E-state index < -0.39 is 5.91 Å². The van der Waals surface area contributed by atoms with Crippen LogP contribution in [0.15, 0.2) is 36.4 Å². The number of aryl methyl sites for hydroxylation is 1. The average molecular weight is 326 g/mol. The molecular formula is C15H13Cl2NO3. The Labute approximate surface area is 132 Å². The number of hydrogen-bond donors (Lipinski definition) is 2. The van der Waals surface area contributed by atoms with Crippen molar-refractivity contribution in [2.45, 2.75) is 6.92 Å². The highest BCUT2D eigenvalue weighted by atomic mass is 35.5. The molecule has 0 aliphatic rings. The number of benzene rings is 2. The third kappa shape index (κ3) is 4.28. The van der Waals surface area contributed by atoms with Gasteiger partial charge in [-0.05, 0) is 36.8 Å². The highest BCUT2D eigenvalue weighted by Gasteiger charge is 2.09. The highest BCUT2D eigenvalue weighted by Crippen LogP contribution is 2.28. The zero-order valence-corrected chi connectivity index (χ0v) is 12.7. The van der Waals surface area contributed by atoms with Crippen LogP contribution in [0.5, 0.6) is 11.5 Å². The molecule has 2 N–H and O–H groups in total. The largest absolute Gasteiger partial charge is 0.506 e. The number of carbonyl (C=O) groups is 1. The predicted octanol–water partition coefficient (Wildman–Crippen LogP) is 4.02. The monoisotopic (exact) mass is 325 g/mol. The fraction of sp³-hybridized carbons (Fsp3) is 0.133. The zero-order valence-electron chi connectivity index (χ0n) is 11.2. The summed E-state index contributed by atoms with van der Waals surface area (Å²) in [5.41, 5.74) is 1.22. The minimum absolute atomic E-state index is 0.00383. The first-order valence-electron chi connectivity index (χ1n) is 6.13. The third-order valence-corrected chi connectivity index (χ3v) is 3.23. The molecule has 0 heterocycles. The molecule has 0 aromatic heterocycles. The van der Waals surface area contributed by atoms with Crippen molar-refractivity contribution in [1.29, 1.82) is 0 Å². The van der Waals surface area contributed by atoms with Gasteiger partial charge < -0.3 is 15.2 Å². The molecule has 0 unspecified atom stereocenters. The maximum atomic E-state index is 11.8. The van der Waals surface area contributed by atoms with Gasteiger partial charge in [0.05, 0.1) is 10.7 Å². The van der Waals surface area contributed by atoms with Gasteiger partial charge in [0.1, 0.15) is 11.5 Å². The fourth-order valence-corrected chi connectivity index (χ4v) is 2.00. The first kappa shape index (κ1) is 15.5. The minimum atomic E-state index is -0.412. The SMILES string of the molecule is Cc1ccc(NC(=O)COc2cc(Cl)ccc2Cl)c(O)c1. The van der Waals surface area contributed by atoms with Gasteiger partial charge in [0.15, 0.2) is 6.61 Å². The summed E-state index contributed by atoms with van der Waals surface area (Å²) in [5, 5.41) is 13.1. The fourth-order valence-electron chi connectivity index (χ4n) is 1.66. The summed E-state index contributed by atoms with van der Waals surface area (Å²) in [6.45, 7) is 1.60. The van der Waals surface area contributed by atoms with Gasteiger partial charge in [0.25, 0.3) is 5.91 Å². The van der Waals surface area contributed by atoms with Crippen molar-refractivity contribution in [3.05, 3.63) is 52.0 Å². The summed E-state index contributed by atoms with van der Waals surface area (Å²) in [7, 11) is 0. The van der Waals surface area contributed by atoms with E-state index in [4.69, 9.17) is 27.9 Å². The normalized spacial score (nSPS) is 10.2. The van der Waals surface area contributed by atoms with Crippen LogP contribution in [0.2, 0.25) is 10.0 Å². The lowest BCUT2D eigenvalue weighted by atomic mass is 10.2. The van der Waals surface area contributed by atoms with Gasteiger partial charge in [-0.2, -0.15) is 0 Å². The van der Waals surface area contributed by atoms with E-state index in [0.717, 1.165) is 5.56 Å². The number of rotatable bonds is 4. The Bertz CT molecular complexity index is 674. The second-order valence-corrected chi connectivity index (χ2v) is 5.28.